The van der Waals surface area contributed by atoms with Crippen LogP contribution in [0.1, 0.15) is 27.8 Å². The van der Waals surface area contributed by atoms with Crippen LogP contribution in [0.4, 0.5) is 10.1 Å². The predicted molar refractivity (Wildman–Crippen MR) is 137 cm³/mol. The summed E-state index contributed by atoms with van der Waals surface area (Å²) < 4.78 is 31.4. The molecule has 0 aromatic heterocycles. The predicted octanol–water partition coefficient (Wildman–Crippen LogP) is 5.79. The number of aryl methyl sites for hydroxylation is 1. The molecule has 0 bridgehead atoms. The lowest BCUT2D eigenvalue weighted by Gasteiger charge is -2.34. The van der Waals surface area contributed by atoms with Crippen molar-refractivity contribution in [2.24, 2.45) is 0 Å². The molecule has 2 atom stereocenters. The number of hydrogen-bond donors (Lipinski definition) is 0. The first-order valence-electron chi connectivity index (χ1n) is 12.4. The summed E-state index contributed by atoms with van der Waals surface area (Å²) in [6.45, 7) is 3.29. The van der Waals surface area contributed by atoms with E-state index in [-0.39, 0.29) is 29.6 Å². The van der Waals surface area contributed by atoms with E-state index in [9.17, 15) is 4.39 Å². The van der Waals surface area contributed by atoms with Gasteiger partial charge in [-0.3, -0.25) is 0 Å². The smallest absolute Gasteiger partial charge is 0.338 e. The maximum atomic E-state index is 15.1. The van der Waals surface area contributed by atoms with Crippen LogP contribution in [0.5, 0.6) is 17.2 Å². The Kier molecular flexibility index (Phi) is 4.72. The molecule has 5 nitrogen and oxygen atoms in total. The second-order valence-corrected chi connectivity index (χ2v) is 10.1. The van der Waals surface area contributed by atoms with Gasteiger partial charge in [0.05, 0.1) is 0 Å². The van der Waals surface area contributed by atoms with E-state index < -0.39 is 5.41 Å². The largest absolute Gasteiger partial charge is 0.491 e. The third-order valence-electron chi connectivity index (χ3n) is 8.02. The van der Waals surface area contributed by atoms with Gasteiger partial charge in [0.2, 0.25) is 6.79 Å². The lowest BCUT2D eigenvalue weighted by atomic mass is 9.77. The third kappa shape index (κ3) is 3.09. The van der Waals surface area contributed by atoms with Crippen LogP contribution in [0.2, 0.25) is 0 Å². The van der Waals surface area contributed by atoms with Gasteiger partial charge in [0, 0.05) is 28.3 Å². The van der Waals surface area contributed by atoms with E-state index in [1.807, 2.05) is 42.5 Å². The molecule has 184 valence electrons. The molecular formula is C31H25FNO4+. The summed E-state index contributed by atoms with van der Waals surface area (Å²) in [4.78, 5) is 15.1. The van der Waals surface area contributed by atoms with Crippen LogP contribution >= 0.6 is 0 Å². The van der Waals surface area contributed by atoms with Crippen molar-refractivity contribution in [3.8, 4) is 17.2 Å². The maximum Gasteiger partial charge on any atom is 0.338 e. The van der Waals surface area contributed by atoms with Crippen molar-refractivity contribution in [1.29, 1.82) is 0 Å². The fourth-order valence-corrected chi connectivity index (χ4v) is 6.19. The Balaban J connectivity index is 1.46. The zero-order valence-corrected chi connectivity index (χ0v) is 20.4. The number of halogens is 1. The molecule has 0 radical (unpaired) electrons. The number of carbonyl (C=O) groups excluding carboxylic acids is 1. The van der Waals surface area contributed by atoms with E-state index in [0.29, 0.717) is 30.3 Å². The number of hydrogen-bond acceptors (Lipinski definition) is 4. The number of benzene rings is 4. The van der Waals surface area contributed by atoms with E-state index in [1.54, 1.807) is 12.1 Å². The molecule has 3 aliphatic heterocycles. The second kappa shape index (κ2) is 7.92. The zero-order valence-electron chi connectivity index (χ0n) is 20.4. The topological polar surface area (TPSA) is 44.8 Å². The maximum absolute atomic E-state index is 15.1. The molecule has 2 unspecified atom stereocenters. The number of quaternary nitrogens is 1. The Morgan fingerprint density at radius 3 is 2.35 bits per heavy atom. The lowest BCUT2D eigenvalue weighted by molar-refractivity contribution is -0.134. The molecule has 0 aliphatic carbocycles. The van der Waals surface area contributed by atoms with Gasteiger partial charge in [-0.05, 0) is 36.8 Å². The van der Waals surface area contributed by atoms with Gasteiger partial charge in [0.25, 0.3) is 0 Å². The SMILES string of the molecule is Cc1ccccc1C[N+]1(Cc2ccc(F)cc2)C(=O)C2(COc3cc4c(cc32)OCO4)c2ccccc21. The number of para-hydroxylation sites is 1. The molecule has 0 fully saturated rings. The van der Waals surface area contributed by atoms with Crippen LogP contribution < -0.4 is 18.7 Å². The summed E-state index contributed by atoms with van der Waals surface area (Å²) in [5.41, 5.74) is 4.79. The fraction of sp³-hybridized carbons (Fsp3) is 0.194. The summed E-state index contributed by atoms with van der Waals surface area (Å²) in [7, 11) is 0. The molecule has 37 heavy (non-hydrogen) atoms. The normalized spacial score (nSPS) is 22.7. The molecule has 0 saturated heterocycles. The molecule has 6 heteroatoms. The third-order valence-corrected chi connectivity index (χ3v) is 8.02. The van der Waals surface area contributed by atoms with Gasteiger partial charge >= 0.3 is 5.91 Å². The van der Waals surface area contributed by atoms with Crippen LogP contribution in [0, 0.1) is 12.7 Å². The lowest BCUT2D eigenvalue weighted by Crippen LogP contribution is -2.56. The number of amides is 1. The summed E-state index contributed by atoms with van der Waals surface area (Å²) in [6, 6.07) is 26.4. The quantitative estimate of drug-likeness (QED) is 0.337. The summed E-state index contributed by atoms with van der Waals surface area (Å²) in [5, 5.41) is 0. The molecule has 4 aromatic rings. The first-order chi connectivity index (χ1) is 18.0. The number of ether oxygens (including phenoxy) is 3. The average Bonchev–Trinajstić information content (AvgIpc) is 3.58. The van der Waals surface area contributed by atoms with Gasteiger partial charge in [-0.25, -0.2) is 13.7 Å². The number of rotatable bonds is 4. The van der Waals surface area contributed by atoms with Gasteiger partial charge in [-0.15, -0.1) is 0 Å². The highest BCUT2D eigenvalue weighted by atomic mass is 19.1. The second-order valence-electron chi connectivity index (χ2n) is 10.1. The van der Waals surface area contributed by atoms with Crippen LogP contribution in [0.15, 0.2) is 84.9 Å². The van der Waals surface area contributed by atoms with Crippen molar-refractivity contribution >= 4 is 11.6 Å². The Bertz CT molecular complexity index is 1570. The van der Waals surface area contributed by atoms with E-state index in [0.717, 1.165) is 33.5 Å². The van der Waals surface area contributed by atoms with Gasteiger partial charge in [0.15, 0.2) is 16.9 Å². The zero-order chi connectivity index (χ0) is 25.2. The van der Waals surface area contributed by atoms with Crippen molar-refractivity contribution < 1.29 is 23.4 Å². The minimum Gasteiger partial charge on any atom is -0.491 e. The first kappa shape index (κ1) is 22.1. The first-order valence-corrected chi connectivity index (χ1v) is 12.4. The molecule has 0 saturated carbocycles. The van der Waals surface area contributed by atoms with Crippen LogP contribution in [0.3, 0.4) is 0 Å². The summed E-state index contributed by atoms with van der Waals surface area (Å²) in [5.74, 6) is 1.63. The molecule has 4 aromatic carbocycles. The Morgan fingerprint density at radius 1 is 0.811 bits per heavy atom. The molecule has 1 amide bonds. The number of fused-ring (bicyclic) bond motifs is 5. The molecule has 1 spiro atoms. The molecule has 7 rings (SSSR count). The van der Waals surface area contributed by atoms with Crippen LogP contribution in [0.25, 0.3) is 0 Å². The number of nitrogens with zero attached hydrogens (tertiary/aromatic N) is 1. The van der Waals surface area contributed by atoms with Gasteiger partial charge in [0.1, 0.15) is 37.0 Å². The minimum absolute atomic E-state index is 0.0406. The minimum atomic E-state index is -0.990. The Morgan fingerprint density at radius 2 is 1.54 bits per heavy atom. The van der Waals surface area contributed by atoms with E-state index in [1.165, 1.54) is 12.1 Å². The van der Waals surface area contributed by atoms with E-state index in [2.05, 4.69) is 25.1 Å². The van der Waals surface area contributed by atoms with Crippen molar-refractivity contribution in [3.05, 3.63) is 119 Å². The average molecular weight is 495 g/mol. The van der Waals surface area contributed by atoms with Gasteiger partial charge in [-0.1, -0.05) is 54.6 Å². The van der Waals surface area contributed by atoms with Crippen LogP contribution in [-0.4, -0.2) is 19.3 Å². The van der Waals surface area contributed by atoms with Crippen molar-refractivity contribution in [1.82, 2.24) is 4.48 Å². The fourth-order valence-electron chi connectivity index (χ4n) is 6.19. The standard InChI is InChI=1S/C31H25FNO4/c1-20-6-2-3-7-22(20)17-33(16-21-10-12-23(32)13-11-21)26-9-5-4-8-24(26)31(30(33)34)18-35-27-15-29-28(14-25(27)31)36-19-37-29/h2-15H,16-19H2,1H3/q+1. The highest BCUT2D eigenvalue weighted by molar-refractivity contribution is 6.08. The monoisotopic (exact) mass is 494 g/mol. The van der Waals surface area contributed by atoms with Crippen LogP contribution in [-0.2, 0) is 23.3 Å². The van der Waals surface area contributed by atoms with E-state index in [4.69, 9.17) is 14.2 Å². The van der Waals surface area contributed by atoms with Gasteiger partial charge < -0.3 is 14.2 Å². The van der Waals surface area contributed by atoms with E-state index >= 15 is 4.79 Å². The summed E-state index contributed by atoms with van der Waals surface area (Å²) >= 11 is 0. The highest BCUT2D eigenvalue weighted by Gasteiger charge is 2.66. The van der Waals surface area contributed by atoms with Crippen molar-refractivity contribution in [3.63, 3.8) is 0 Å². The molecular weight excluding hydrogens is 469 g/mol. The molecule has 0 N–H and O–H groups in total. The van der Waals surface area contributed by atoms with Crippen molar-refractivity contribution in [2.75, 3.05) is 13.4 Å². The Hall–Kier alpha value is -4.16. The molecule has 3 heterocycles. The van der Waals surface area contributed by atoms with Crippen molar-refractivity contribution in [2.45, 2.75) is 25.4 Å². The van der Waals surface area contributed by atoms with Gasteiger partial charge in [-0.2, -0.15) is 0 Å². The highest BCUT2D eigenvalue weighted by Crippen LogP contribution is 2.58. The Labute approximate surface area is 214 Å². The summed E-state index contributed by atoms with van der Waals surface area (Å²) in [6.07, 6.45) is 0. The molecule has 3 aliphatic rings. The number of carbonyl (C=O) groups is 1.